The van der Waals surface area contributed by atoms with Crippen molar-refractivity contribution in [3.8, 4) is 0 Å². The Balaban J connectivity index is 2.94. The van der Waals surface area contributed by atoms with Crippen LogP contribution in [0, 0.1) is 0 Å². The van der Waals surface area contributed by atoms with Crippen LogP contribution < -0.4 is 5.32 Å². The highest BCUT2D eigenvalue weighted by molar-refractivity contribution is 8.05. The third-order valence-electron chi connectivity index (χ3n) is 4.08. The number of amides is 2. The van der Waals surface area contributed by atoms with Crippen molar-refractivity contribution in [2.24, 2.45) is 0 Å². The van der Waals surface area contributed by atoms with Crippen LogP contribution in [-0.4, -0.2) is 71.4 Å². The zero-order valence-corrected chi connectivity index (χ0v) is 17.7. The number of nitrogens with zero attached hydrogens (tertiary/aromatic N) is 1. The van der Waals surface area contributed by atoms with Crippen LogP contribution in [0.25, 0.3) is 0 Å². The van der Waals surface area contributed by atoms with Gasteiger partial charge in [0.1, 0.15) is 6.04 Å². The molecule has 27 heavy (non-hydrogen) atoms. The summed E-state index contributed by atoms with van der Waals surface area (Å²) in [6, 6.07) is -0.898. The van der Waals surface area contributed by atoms with Gasteiger partial charge < -0.3 is 24.4 Å². The van der Waals surface area contributed by atoms with Crippen LogP contribution in [0.5, 0.6) is 0 Å². The molecule has 1 fully saturated rings. The first-order chi connectivity index (χ1) is 12.8. The van der Waals surface area contributed by atoms with Gasteiger partial charge in [-0.1, -0.05) is 0 Å². The molecule has 1 aliphatic rings. The molecule has 0 spiro atoms. The molecule has 156 valence electrons. The maximum absolute atomic E-state index is 13.0. The highest BCUT2D eigenvalue weighted by atomic mass is 32.2. The Morgan fingerprint density at radius 3 is 2.41 bits per heavy atom. The van der Waals surface area contributed by atoms with Crippen molar-refractivity contribution in [3.05, 3.63) is 0 Å². The van der Waals surface area contributed by atoms with Crippen molar-refractivity contribution in [1.29, 1.82) is 0 Å². The van der Waals surface area contributed by atoms with E-state index in [-0.39, 0.29) is 31.0 Å². The average molecular weight is 424 g/mol. The fourth-order valence-corrected chi connectivity index (χ4v) is 6.27. The smallest absolute Gasteiger partial charge is 0.340 e. The second kappa shape index (κ2) is 11.7. The summed E-state index contributed by atoms with van der Waals surface area (Å²) in [6.45, 7) is 4.09. The fraction of sp³-hybridized carbons (Fsp3) is 0.812. The lowest BCUT2D eigenvalue weighted by atomic mass is 10.0. The summed E-state index contributed by atoms with van der Waals surface area (Å²) in [7, 11) is -1.94. The van der Waals surface area contributed by atoms with Gasteiger partial charge in [0, 0.05) is 20.0 Å². The second-order valence-corrected chi connectivity index (χ2v) is 9.66. The maximum Gasteiger partial charge on any atom is 0.340 e. The van der Waals surface area contributed by atoms with Gasteiger partial charge in [0.05, 0.1) is 24.0 Å². The fourth-order valence-electron chi connectivity index (χ4n) is 2.81. The summed E-state index contributed by atoms with van der Waals surface area (Å²) in [5.74, 6) is -1.84. The number of carbonyl (C=O) groups excluding carboxylic acids is 2. The SMILES string of the molecule is CCOP(=O)(CSC(CC(=O)NC)C(=O)N1CCCC[C@H]1C(=O)O)OCC. The maximum atomic E-state index is 13.0. The van der Waals surface area contributed by atoms with Gasteiger partial charge in [-0.3, -0.25) is 14.2 Å². The van der Waals surface area contributed by atoms with E-state index in [1.54, 1.807) is 13.8 Å². The van der Waals surface area contributed by atoms with Crippen LogP contribution in [0.15, 0.2) is 0 Å². The predicted molar refractivity (Wildman–Crippen MR) is 103 cm³/mol. The number of aliphatic carboxylic acids is 1. The zero-order valence-electron chi connectivity index (χ0n) is 16.0. The molecule has 1 heterocycles. The molecule has 1 saturated heterocycles. The molecule has 1 rings (SSSR count). The van der Waals surface area contributed by atoms with Crippen molar-refractivity contribution in [2.75, 3.05) is 32.3 Å². The number of nitrogens with one attached hydrogen (secondary N) is 1. The van der Waals surface area contributed by atoms with Crippen molar-refractivity contribution in [2.45, 2.75) is 50.8 Å². The lowest BCUT2D eigenvalue weighted by molar-refractivity contribution is -0.152. The average Bonchev–Trinajstić information content (AvgIpc) is 2.64. The Morgan fingerprint density at radius 2 is 1.89 bits per heavy atom. The van der Waals surface area contributed by atoms with Crippen LogP contribution in [0.1, 0.15) is 39.5 Å². The van der Waals surface area contributed by atoms with Crippen LogP contribution in [0.2, 0.25) is 0 Å². The first-order valence-corrected chi connectivity index (χ1v) is 11.8. The third-order valence-corrected chi connectivity index (χ3v) is 8.02. The number of carboxylic acid groups (broad SMARTS) is 1. The molecular weight excluding hydrogens is 395 g/mol. The minimum Gasteiger partial charge on any atom is -0.480 e. The number of hydrogen-bond donors (Lipinski definition) is 2. The lowest BCUT2D eigenvalue weighted by Gasteiger charge is -2.35. The molecule has 1 aliphatic heterocycles. The molecule has 1 unspecified atom stereocenters. The molecule has 0 aromatic carbocycles. The molecule has 0 bridgehead atoms. The van der Waals surface area contributed by atoms with Gasteiger partial charge in [-0.15, -0.1) is 11.8 Å². The Morgan fingerprint density at radius 1 is 1.26 bits per heavy atom. The van der Waals surface area contributed by atoms with Gasteiger partial charge in [0.25, 0.3) is 0 Å². The summed E-state index contributed by atoms with van der Waals surface area (Å²) in [4.78, 5) is 37.7. The number of hydrogen-bond acceptors (Lipinski definition) is 7. The molecular formula is C16H29N2O7PS. The van der Waals surface area contributed by atoms with E-state index in [1.165, 1.54) is 11.9 Å². The Bertz CT molecular complexity index is 565. The van der Waals surface area contributed by atoms with Crippen molar-refractivity contribution >= 4 is 37.1 Å². The van der Waals surface area contributed by atoms with Crippen molar-refractivity contribution in [1.82, 2.24) is 10.2 Å². The van der Waals surface area contributed by atoms with Gasteiger partial charge in [0.15, 0.2) is 0 Å². The Labute approximate surface area is 164 Å². The van der Waals surface area contributed by atoms with Gasteiger partial charge in [0.2, 0.25) is 11.8 Å². The molecule has 11 heteroatoms. The van der Waals surface area contributed by atoms with E-state index >= 15 is 0 Å². The predicted octanol–water partition coefficient (Wildman–Crippen LogP) is 1.91. The zero-order chi connectivity index (χ0) is 20.4. The van der Waals surface area contributed by atoms with E-state index in [0.29, 0.717) is 19.4 Å². The van der Waals surface area contributed by atoms with Crippen LogP contribution in [0.4, 0.5) is 0 Å². The van der Waals surface area contributed by atoms with Gasteiger partial charge in [-0.2, -0.15) is 0 Å². The Hall–Kier alpha value is -1.09. The molecule has 0 aromatic rings. The van der Waals surface area contributed by atoms with Crippen molar-refractivity contribution < 1.29 is 33.1 Å². The summed E-state index contributed by atoms with van der Waals surface area (Å²) in [5.41, 5.74) is -0.0896. The monoisotopic (exact) mass is 424 g/mol. The molecule has 0 radical (unpaired) electrons. The quantitative estimate of drug-likeness (QED) is 0.482. The number of thioether (sulfide) groups is 1. The molecule has 2 atom stereocenters. The standard InChI is InChI=1S/C16H29N2O7PS/c1-4-24-26(23,25-5-2)11-27-13(10-14(19)17-3)15(20)18-9-7-6-8-12(18)16(21)22/h12-13H,4-11H2,1-3H3,(H,17,19)(H,21,22)/t12-,13?/m0/s1. The molecule has 9 nitrogen and oxygen atoms in total. The molecule has 0 saturated carbocycles. The molecule has 0 aliphatic carbocycles. The first kappa shape index (κ1) is 23.9. The van der Waals surface area contributed by atoms with E-state index < -0.39 is 30.8 Å². The minimum absolute atomic E-state index is 0.0896. The van der Waals surface area contributed by atoms with E-state index in [4.69, 9.17) is 9.05 Å². The lowest BCUT2D eigenvalue weighted by Crippen LogP contribution is -2.51. The highest BCUT2D eigenvalue weighted by Crippen LogP contribution is 2.51. The number of carbonyl (C=O) groups is 3. The molecule has 0 aromatic heterocycles. The normalized spacial score (nSPS) is 18.8. The minimum atomic E-state index is -3.40. The van der Waals surface area contributed by atoms with Gasteiger partial charge in [-0.25, -0.2) is 4.79 Å². The first-order valence-electron chi connectivity index (χ1n) is 9.01. The topological polar surface area (TPSA) is 122 Å². The van der Waals surface area contributed by atoms with Gasteiger partial charge in [-0.05, 0) is 33.1 Å². The summed E-state index contributed by atoms with van der Waals surface area (Å²) >= 11 is 1.01. The third kappa shape index (κ3) is 7.44. The van der Waals surface area contributed by atoms with Crippen molar-refractivity contribution in [3.63, 3.8) is 0 Å². The number of likely N-dealkylation sites (tertiary alicyclic amines) is 1. The molecule has 2 N–H and O–H groups in total. The number of carboxylic acids is 1. The van der Waals surface area contributed by atoms with Crippen LogP contribution in [-0.2, 0) is 28.0 Å². The highest BCUT2D eigenvalue weighted by Gasteiger charge is 2.37. The van der Waals surface area contributed by atoms with E-state index in [2.05, 4.69) is 5.32 Å². The van der Waals surface area contributed by atoms with E-state index in [0.717, 1.165) is 18.2 Å². The summed E-state index contributed by atoms with van der Waals surface area (Å²) in [5, 5.41) is 11.0. The number of rotatable bonds is 11. The summed E-state index contributed by atoms with van der Waals surface area (Å²) in [6.07, 6.45) is 1.69. The van der Waals surface area contributed by atoms with E-state index in [9.17, 15) is 24.1 Å². The number of piperidine rings is 1. The van der Waals surface area contributed by atoms with Crippen LogP contribution >= 0.6 is 19.4 Å². The van der Waals surface area contributed by atoms with Crippen LogP contribution in [0.3, 0.4) is 0 Å². The largest absolute Gasteiger partial charge is 0.480 e. The summed E-state index contributed by atoms with van der Waals surface area (Å²) < 4.78 is 23.1. The Kier molecular flexibility index (Phi) is 10.4. The molecule has 2 amide bonds. The van der Waals surface area contributed by atoms with E-state index in [1.807, 2.05) is 0 Å². The van der Waals surface area contributed by atoms with Gasteiger partial charge >= 0.3 is 13.6 Å². The second-order valence-electron chi connectivity index (χ2n) is 5.99.